The molecule has 0 aliphatic carbocycles. The molecule has 3 N–H and O–H groups in total. The summed E-state index contributed by atoms with van der Waals surface area (Å²) in [5.74, 6) is 1.22. The Morgan fingerprint density at radius 1 is 1.36 bits per heavy atom. The number of aryl methyl sites for hydroxylation is 1. The van der Waals surface area contributed by atoms with Crippen LogP contribution in [0.25, 0.3) is 0 Å². The van der Waals surface area contributed by atoms with Gasteiger partial charge in [-0.2, -0.15) is 0 Å². The van der Waals surface area contributed by atoms with Crippen molar-refractivity contribution in [3.63, 3.8) is 0 Å². The Morgan fingerprint density at radius 3 is 2.77 bits per heavy atom. The first-order valence-corrected chi connectivity index (χ1v) is 8.42. The zero-order valence-electron chi connectivity index (χ0n) is 13.6. The standard InChI is InChI=1S/C17H24N4S/c1-11(2)14-6-5-7-15(8-14)21-17(18)19-9-12(3)16-20-13(4)10-22-16/h5-8,10-12H,9H2,1-4H3,(H3,18,19,21). The Kier molecular flexibility index (Phi) is 5.55. The van der Waals surface area contributed by atoms with E-state index in [1.54, 1.807) is 11.3 Å². The van der Waals surface area contributed by atoms with E-state index in [0.29, 0.717) is 18.4 Å². The van der Waals surface area contributed by atoms with Gasteiger partial charge in [0.1, 0.15) is 0 Å². The molecule has 0 aliphatic rings. The molecule has 22 heavy (non-hydrogen) atoms. The van der Waals surface area contributed by atoms with Crippen LogP contribution in [0.15, 0.2) is 34.6 Å². The summed E-state index contributed by atoms with van der Waals surface area (Å²) in [7, 11) is 0. The number of benzene rings is 1. The zero-order valence-corrected chi connectivity index (χ0v) is 14.4. The van der Waals surface area contributed by atoms with Crippen LogP contribution in [0.3, 0.4) is 0 Å². The molecule has 5 heteroatoms. The summed E-state index contributed by atoms with van der Waals surface area (Å²) in [4.78, 5) is 8.92. The molecule has 0 fully saturated rings. The molecule has 2 aromatic rings. The number of anilines is 1. The van der Waals surface area contributed by atoms with Gasteiger partial charge in [0.15, 0.2) is 5.96 Å². The van der Waals surface area contributed by atoms with Crippen LogP contribution in [0, 0.1) is 6.92 Å². The van der Waals surface area contributed by atoms with Gasteiger partial charge in [-0.1, -0.05) is 32.9 Å². The minimum atomic E-state index is 0.279. The van der Waals surface area contributed by atoms with E-state index >= 15 is 0 Å². The van der Waals surface area contributed by atoms with E-state index in [1.165, 1.54) is 5.56 Å². The van der Waals surface area contributed by atoms with Crippen molar-refractivity contribution in [2.24, 2.45) is 10.7 Å². The molecular formula is C17H24N4S. The third kappa shape index (κ3) is 4.56. The highest BCUT2D eigenvalue weighted by Gasteiger charge is 2.09. The summed E-state index contributed by atoms with van der Waals surface area (Å²) in [6.07, 6.45) is 0. The van der Waals surface area contributed by atoms with Gasteiger partial charge in [0, 0.05) is 22.7 Å². The maximum Gasteiger partial charge on any atom is 0.193 e. The summed E-state index contributed by atoms with van der Waals surface area (Å²) < 4.78 is 0. The molecule has 1 aromatic heterocycles. The highest BCUT2D eigenvalue weighted by molar-refractivity contribution is 7.09. The number of nitrogens with one attached hydrogen (secondary N) is 1. The summed E-state index contributed by atoms with van der Waals surface area (Å²) in [6.45, 7) is 9.11. The number of hydrogen-bond donors (Lipinski definition) is 2. The van der Waals surface area contributed by atoms with E-state index in [-0.39, 0.29) is 5.92 Å². The monoisotopic (exact) mass is 316 g/mol. The topological polar surface area (TPSA) is 63.3 Å². The number of nitrogens with two attached hydrogens (primary N) is 1. The number of rotatable bonds is 5. The van der Waals surface area contributed by atoms with Gasteiger partial charge < -0.3 is 11.1 Å². The average Bonchev–Trinajstić information content (AvgIpc) is 2.91. The van der Waals surface area contributed by atoms with Crippen molar-refractivity contribution in [2.45, 2.75) is 39.5 Å². The minimum absolute atomic E-state index is 0.279. The molecule has 0 bridgehead atoms. The quantitative estimate of drug-likeness (QED) is 0.644. The Labute approximate surface area is 136 Å². The largest absolute Gasteiger partial charge is 0.370 e. The SMILES string of the molecule is Cc1csc(C(C)CN=C(N)Nc2cccc(C(C)C)c2)n1. The Balaban J connectivity index is 1.96. The van der Waals surface area contributed by atoms with Crippen molar-refractivity contribution in [1.82, 2.24) is 4.98 Å². The number of aliphatic imine (C=N–C) groups is 1. The first-order valence-electron chi connectivity index (χ1n) is 7.54. The van der Waals surface area contributed by atoms with Gasteiger partial charge in [-0.3, -0.25) is 4.99 Å². The fraction of sp³-hybridized carbons (Fsp3) is 0.412. The van der Waals surface area contributed by atoms with E-state index in [2.05, 4.69) is 53.6 Å². The van der Waals surface area contributed by atoms with Crippen molar-refractivity contribution in [3.05, 3.63) is 45.9 Å². The van der Waals surface area contributed by atoms with Crippen molar-refractivity contribution < 1.29 is 0 Å². The number of nitrogens with zero attached hydrogens (tertiary/aromatic N) is 2. The molecule has 0 spiro atoms. The van der Waals surface area contributed by atoms with E-state index < -0.39 is 0 Å². The van der Waals surface area contributed by atoms with Gasteiger partial charge in [-0.15, -0.1) is 11.3 Å². The molecule has 1 atom stereocenters. The third-order valence-corrected chi connectivity index (χ3v) is 4.61. The normalized spacial score (nSPS) is 13.4. The summed E-state index contributed by atoms with van der Waals surface area (Å²) in [5, 5.41) is 6.33. The molecule has 0 radical (unpaired) electrons. The zero-order chi connectivity index (χ0) is 16.1. The lowest BCUT2D eigenvalue weighted by atomic mass is 10.0. The highest BCUT2D eigenvalue weighted by atomic mass is 32.1. The van der Waals surface area contributed by atoms with Crippen LogP contribution in [0.2, 0.25) is 0 Å². The lowest BCUT2D eigenvalue weighted by molar-refractivity contribution is 0.763. The lowest BCUT2D eigenvalue weighted by Gasteiger charge is -2.10. The van der Waals surface area contributed by atoms with Gasteiger partial charge in [0.05, 0.1) is 11.6 Å². The van der Waals surface area contributed by atoms with Gasteiger partial charge in [0.25, 0.3) is 0 Å². The second-order valence-corrected chi connectivity index (χ2v) is 6.75. The van der Waals surface area contributed by atoms with Crippen LogP contribution in [-0.2, 0) is 0 Å². The predicted molar refractivity (Wildman–Crippen MR) is 95.9 cm³/mol. The van der Waals surface area contributed by atoms with E-state index in [4.69, 9.17) is 5.73 Å². The van der Waals surface area contributed by atoms with Crippen LogP contribution in [0.1, 0.15) is 48.9 Å². The molecule has 1 unspecified atom stereocenters. The van der Waals surface area contributed by atoms with Gasteiger partial charge in [-0.25, -0.2) is 4.98 Å². The molecule has 0 saturated carbocycles. The Hall–Kier alpha value is -1.88. The van der Waals surface area contributed by atoms with Crippen molar-refractivity contribution in [2.75, 3.05) is 11.9 Å². The molecule has 2 rings (SSSR count). The van der Waals surface area contributed by atoms with Crippen LogP contribution < -0.4 is 11.1 Å². The second-order valence-electron chi connectivity index (χ2n) is 5.86. The highest BCUT2D eigenvalue weighted by Crippen LogP contribution is 2.20. The van der Waals surface area contributed by atoms with Crippen LogP contribution in [0.4, 0.5) is 5.69 Å². The summed E-state index contributed by atoms with van der Waals surface area (Å²) >= 11 is 1.68. The maximum absolute atomic E-state index is 5.99. The molecule has 118 valence electrons. The van der Waals surface area contributed by atoms with Gasteiger partial charge in [-0.05, 0) is 30.5 Å². The molecule has 0 amide bonds. The van der Waals surface area contributed by atoms with Crippen molar-refractivity contribution in [3.8, 4) is 0 Å². The number of hydrogen-bond acceptors (Lipinski definition) is 3. The summed E-state index contributed by atoms with van der Waals surface area (Å²) in [5.41, 5.74) is 9.31. The van der Waals surface area contributed by atoms with E-state index in [0.717, 1.165) is 16.4 Å². The third-order valence-electron chi connectivity index (χ3n) is 3.42. The first kappa shape index (κ1) is 16.5. The Bertz CT molecular complexity index is 646. The fourth-order valence-corrected chi connectivity index (χ4v) is 2.92. The molecule has 1 aromatic carbocycles. The van der Waals surface area contributed by atoms with Crippen LogP contribution >= 0.6 is 11.3 Å². The predicted octanol–water partition coefficient (Wildman–Crippen LogP) is 4.11. The molecule has 0 aliphatic heterocycles. The van der Waals surface area contributed by atoms with E-state index in [1.807, 2.05) is 19.1 Å². The van der Waals surface area contributed by atoms with Crippen LogP contribution in [0.5, 0.6) is 0 Å². The molecular weight excluding hydrogens is 292 g/mol. The number of aromatic nitrogens is 1. The number of guanidine groups is 1. The van der Waals surface area contributed by atoms with E-state index in [9.17, 15) is 0 Å². The fourth-order valence-electron chi connectivity index (χ4n) is 2.07. The summed E-state index contributed by atoms with van der Waals surface area (Å²) in [6, 6.07) is 8.27. The minimum Gasteiger partial charge on any atom is -0.370 e. The van der Waals surface area contributed by atoms with Crippen molar-refractivity contribution >= 4 is 23.0 Å². The lowest BCUT2D eigenvalue weighted by Crippen LogP contribution is -2.23. The first-order chi connectivity index (χ1) is 10.5. The average molecular weight is 316 g/mol. The second kappa shape index (κ2) is 7.40. The van der Waals surface area contributed by atoms with Crippen molar-refractivity contribution in [1.29, 1.82) is 0 Å². The van der Waals surface area contributed by atoms with Gasteiger partial charge in [0.2, 0.25) is 0 Å². The molecule has 1 heterocycles. The smallest absolute Gasteiger partial charge is 0.193 e. The molecule has 4 nitrogen and oxygen atoms in total. The van der Waals surface area contributed by atoms with Crippen LogP contribution in [-0.4, -0.2) is 17.5 Å². The maximum atomic E-state index is 5.99. The van der Waals surface area contributed by atoms with Gasteiger partial charge >= 0.3 is 0 Å². The number of thiazole rings is 1. The molecule has 0 saturated heterocycles. The Morgan fingerprint density at radius 2 is 2.14 bits per heavy atom.